The number of rotatable bonds is 7. The molecule has 1 aliphatic carbocycles. The molecule has 3 aromatic rings. The first-order valence-corrected chi connectivity index (χ1v) is 11.5. The lowest BCUT2D eigenvalue weighted by molar-refractivity contribution is -0.137. The van der Waals surface area contributed by atoms with Crippen molar-refractivity contribution in [3.63, 3.8) is 0 Å². The van der Waals surface area contributed by atoms with E-state index >= 15 is 0 Å². The first kappa shape index (κ1) is 23.7. The number of anilines is 1. The average molecular weight is 469 g/mol. The third kappa shape index (κ3) is 6.31. The lowest BCUT2D eigenvalue weighted by atomic mass is 9.95. The molecule has 0 heterocycles. The normalized spacial score (nSPS) is 15.4. The minimum Gasteiger partial charge on any atom is -0.457 e. The van der Waals surface area contributed by atoms with Crippen molar-refractivity contribution in [2.45, 2.75) is 50.4 Å². The van der Waals surface area contributed by atoms with Crippen molar-refractivity contribution in [2.75, 3.05) is 5.32 Å². The van der Waals surface area contributed by atoms with Gasteiger partial charge in [-0.2, -0.15) is 13.2 Å². The van der Waals surface area contributed by atoms with Crippen molar-refractivity contribution < 1.29 is 22.7 Å². The predicted octanol–water partition coefficient (Wildman–Crippen LogP) is 7.10. The molecule has 7 heteroatoms. The van der Waals surface area contributed by atoms with Gasteiger partial charge in [-0.1, -0.05) is 55.7 Å². The fourth-order valence-electron chi connectivity index (χ4n) is 4.17. The Bertz CT molecular complexity index is 1100. The molecule has 0 bridgehead atoms. The Labute approximate surface area is 197 Å². The molecule has 4 nitrogen and oxygen atoms in total. The van der Waals surface area contributed by atoms with Gasteiger partial charge in [0.05, 0.1) is 5.56 Å². The van der Waals surface area contributed by atoms with Crippen molar-refractivity contribution in [3.05, 3.63) is 90.0 Å². The van der Waals surface area contributed by atoms with Gasteiger partial charge < -0.3 is 15.4 Å². The minimum atomic E-state index is -4.47. The fraction of sp³-hybridized carbons (Fsp3) is 0.296. The number of carbonyl (C=O) groups excluding carboxylic acids is 1. The quantitative estimate of drug-likeness (QED) is 0.389. The molecule has 4 rings (SSSR count). The van der Waals surface area contributed by atoms with Crippen molar-refractivity contribution in [3.8, 4) is 11.5 Å². The first-order valence-electron chi connectivity index (χ1n) is 11.5. The van der Waals surface area contributed by atoms with E-state index in [-0.39, 0.29) is 17.6 Å². The summed E-state index contributed by atoms with van der Waals surface area (Å²) in [6.45, 7) is 0. The van der Waals surface area contributed by atoms with Gasteiger partial charge in [0, 0.05) is 11.7 Å². The molecule has 0 aromatic heterocycles. The van der Waals surface area contributed by atoms with Crippen molar-refractivity contribution in [1.82, 2.24) is 5.32 Å². The van der Waals surface area contributed by atoms with Gasteiger partial charge in [0.2, 0.25) is 5.91 Å². The van der Waals surface area contributed by atoms with E-state index in [2.05, 4.69) is 10.6 Å². The van der Waals surface area contributed by atoms with E-state index in [4.69, 9.17) is 4.74 Å². The number of alkyl halides is 3. The highest BCUT2D eigenvalue weighted by Gasteiger charge is 2.31. The van der Waals surface area contributed by atoms with Crippen molar-refractivity contribution >= 4 is 11.6 Å². The molecule has 1 unspecified atom stereocenters. The molecule has 0 aliphatic heterocycles. The first-order chi connectivity index (χ1) is 16.4. The maximum absolute atomic E-state index is 13.3. The lowest BCUT2D eigenvalue weighted by Crippen LogP contribution is -2.41. The van der Waals surface area contributed by atoms with Gasteiger partial charge in [-0.15, -0.1) is 0 Å². The number of hydrogen-bond donors (Lipinski definition) is 2. The zero-order valence-corrected chi connectivity index (χ0v) is 18.6. The summed E-state index contributed by atoms with van der Waals surface area (Å²) in [5.41, 5.74) is 0.0391. The summed E-state index contributed by atoms with van der Waals surface area (Å²) in [7, 11) is 0. The second kappa shape index (κ2) is 10.6. The maximum Gasteiger partial charge on any atom is 0.416 e. The van der Waals surface area contributed by atoms with Crippen LogP contribution in [-0.2, 0) is 11.0 Å². The number of nitrogens with one attached hydrogen (secondary N) is 2. The van der Waals surface area contributed by atoms with Gasteiger partial charge in [0.1, 0.15) is 17.5 Å². The molecular weight excluding hydrogens is 441 g/mol. The van der Waals surface area contributed by atoms with Gasteiger partial charge in [-0.3, -0.25) is 4.79 Å². The number of amides is 1. The third-order valence-electron chi connectivity index (χ3n) is 5.88. The highest BCUT2D eigenvalue weighted by molar-refractivity contribution is 5.86. The Hall–Kier alpha value is -3.48. The monoisotopic (exact) mass is 468 g/mol. The molecule has 1 amide bonds. The smallest absolute Gasteiger partial charge is 0.416 e. The van der Waals surface area contributed by atoms with E-state index < -0.39 is 17.8 Å². The Morgan fingerprint density at radius 1 is 0.853 bits per heavy atom. The molecule has 1 fully saturated rings. The molecule has 178 valence electrons. The maximum atomic E-state index is 13.3. The van der Waals surface area contributed by atoms with E-state index in [0.717, 1.165) is 44.2 Å². The van der Waals surface area contributed by atoms with Crippen molar-refractivity contribution in [1.29, 1.82) is 0 Å². The van der Waals surface area contributed by atoms with E-state index in [1.165, 1.54) is 12.1 Å². The Kier molecular flexibility index (Phi) is 7.40. The standard InChI is InChI=1S/C27H27F3N2O2/c28-27(29,30)20-10-8-13-22(18-20)31-25(26(33)32-21-11-3-1-4-12-21)19-9-7-16-24(17-19)34-23-14-5-2-6-15-23/h2,5-10,13-18,21,25,31H,1,3-4,11-12H2,(H,32,33). The Morgan fingerprint density at radius 2 is 1.56 bits per heavy atom. The summed E-state index contributed by atoms with van der Waals surface area (Å²) in [4.78, 5) is 13.3. The number of halogens is 3. The number of benzene rings is 3. The summed E-state index contributed by atoms with van der Waals surface area (Å²) in [6.07, 6.45) is 0.588. The summed E-state index contributed by atoms with van der Waals surface area (Å²) >= 11 is 0. The zero-order chi connectivity index (χ0) is 24.0. The molecule has 0 radical (unpaired) electrons. The third-order valence-corrected chi connectivity index (χ3v) is 5.88. The van der Waals surface area contributed by atoms with Crippen LogP contribution in [0.3, 0.4) is 0 Å². The minimum absolute atomic E-state index is 0.0656. The zero-order valence-electron chi connectivity index (χ0n) is 18.6. The Balaban J connectivity index is 1.61. The molecule has 1 aliphatic rings. The van der Waals surface area contributed by atoms with Crippen LogP contribution in [0.15, 0.2) is 78.9 Å². The van der Waals surface area contributed by atoms with Crippen molar-refractivity contribution in [2.24, 2.45) is 0 Å². The molecule has 1 saturated carbocycles. The molecule has 3 aromatic carbocycles. The lowest BCUT2D eigenvalue weighted by Gasteiger charge is -2.27. The largest absolute Gasteiger partial charge is 0.457 e. The van der Waals surface area contributed by atoms with Gasteiger partial charge >= 0.3 is 6.18 Å². The van der Waals surface area contributed by atoms with E-state index in [0.29, 0.717) is 17.1 Å². The van der Waals surface area contributed by atoms with Crippen LogP contribution in [0.1, 0.15) is 49.3 Å². The average Bonchev–Trinajstić information content (AvgIpc) is 2.83. The molecule has 2 N–H and O–H groups in total. The van der Waals surface area contributed by atoms with Gasteiger partial charge in [0.15, 0.2) is 0 Å². The highest BCUT2D eigenvalue weighted by atomic mass is 19.4. The fourth-order valence-corrected chi connectivity index (χ4v) is 4.17. The SMILES string of the molecule is O=C(NC1CCCCC1)C(Nc1cccc(C(F)(F)F)c1)c1cccc(Oc2ccccc2)c1. The van der Waals surface area contributed by atoms with E-state index in [9.17, 15) is 18.0 Å². The number of ether oxygens (including phenoxy) is 1. The Morgan fingerprint density at radius 3 is 2.29 bits per heavy atom. The molecule has 0 saturated heterocycles. The van der Waals surface area contributed by atoms with Crippen LogP contribution in [0.5, 0.6) is 11.5 Å². The topological polar surface area (TPSA) is 50.4 Å². The van der Waals surface area contributed by atoms with E-state index in [1.54, 1.807) is 24.3 Å². The second-order valence-corrected chi connectivity index (χ2v) is 8.49. The van der Waals surface area contributed by atoms with Crippen LogP contribution in [-0.4, -0.2) is 11.9 Å². The molecule has 34 heavy (non-hydrogen) atoms. The highest BCUT2D eigenvalue weighted by Crippen LogP contribution is 2.32. The van der Waals surface area contributed by atoms with Crippen LogP contribution < -0.4 is 15.4 Å². The van der Waals surface area contributed by atoms with Gasteiger partial charge in [-0.25, -0.2) is 0 Å². The van der Waals surface area contributed by atoms with Gasteiger partial charge in [-0.05, 0) is 60.9 Å². The predicted molar refractivity (Wildman–Crippen MR) is 126 cm³/mol. The molecular formula is C27H27F3N2O2. The summed E-state index contributed by atoms with van der Waals surface area (Å²) in [6, 6.07) is 20.3. The number of carbonyl (C=O) groups is 1. The number of para-hydroxylation sites is 1. The van der Waals surface area contributed by atoms with E-state index in [1.807, 2.05) is 30.3 Å². The summed E-state index contributed by atoms with van der Waals surface area (Å²) in [5, 5.41) is 6.11. The second-order valence-electron chi connectivity index (χ2n) is 8.49. The summed E-state index contributed by atoms with van der Waals surface area (Å²) < 4.78 is 45.6. The van der Waals surface area contributed by atoms with Crippen LogP contribution in [0.2, 0.25) is 0 Å². The van der Waals surface area contributed by atoms with Crippen LogP contribution in [0.4, 0.5) is 18.9 Å². The van der Waals surface area contributed by atoms with Crippen LogP contribution >= 0.6 is 0 Å². The summed E-state index contributed by atoms with van der Waals surface area (Å²) in [5.74, 6) is 0.903. The molecule has 1 atom stereocenters. The van der Waals surface area contributed by atoms with Crippen LogP contribution in [0, 0.1) is 0 Å². The van der Waals surface area contributed by atoms with Crippen LogP contribution in [0.25, 0.3) is 0 Å². The molecule has 0 spiro atoms. The number of hydrogen-bond acceptors (Lipinski definition) is 3. The van der Waals surface area contributed by atoms with Gasteiger partial charge in [0.25, 0.3) is 0 Å².